The Morgan fingerprint density at radius 3 is 2.50 bits per heavy atom. The highest BCUT2D eigenvalue weighted by Gasteiger charge is 2.29. The summed E-state index contributed by atoms with van der Waals surface area (Å²) in [6.45, 7) is 3.18. The number of morpholine rings is 1. The molecule has 150 valence electrons. The van der Waals surface area contributed by atoms with Gasteiger partial charge in [-0.25, -0.2) is 8.42 Å². The minimum Gasteiger partial charge on any atom is -0.379 e. The predicted octanol–water partition coefficient (Wildman–Crippen LogP) is 3.83. The van der Waals surface area contributed by atoms with Gasteiger partial charge >= 0.3 is 0 Å². The average Bonchev–Trinajstić information content (AvgIpc) is 2.70. The molecule has 1 heterocycles. The molecule has 1 fully saturated rings. The molecule has 1 aliphatic heterocycles. The molecular weight excluding hydrogens is 423 g/mol. The maximum Gasteiger partial charge on any atom is 0.255 e. The number of halogens is 2. The zero-order valence-electron chi connectivity index (χ0n) is 15.2. The molecule has 2 aromatic rings. The van der Waals surface area contributed by atoms with E-state index in [1.165, 1.54) is 16.4 Å². The van der Waals surface area contributed by atoms with Gasteiger partial charge in [-0.2, -0.15) is 4.31 Å². The van der Waals surface area contributed by atoms with Crippen molar-refractivity contribution < 1.29 is 17.9 Å². The van der Waals surface area contributed by atoms with Crippen LogP contribution in [0.15, 0.2) is 41.3 Å². The summed E-state index contributed by atoms with van der Waals surface area (Å²) in [4.78, 5) is 12.8. The summed E-state index contributed by atoms with van der Waals surface area (Å²) >= 11 is 12.0. The van der Waals surface area contributed by atoms with Gasteiger partial charge in [-0.1, -0.05) is 36.2 Å². The zero-order valence-corrected chi connectivity index (χ0v) is 17.6. The molecule has 1 saturated heterocycles. The summed E-state index contributed by atoms with van der Waals surface area (Å²) < 4.78 is 32.8. The standard InChI is InChI=1S/C19H20Cl2N2O4S/c1-2-13-3-4-14(19(24)22-17-6-5-15(20)12-16(17)21)11-18(13)28(25,26)23-7-9-27-10-8-23/h3-6,11-12H,2,7-10H2,1H3,(H,22,24). The fourth-order valence-corrected chi connectivity index (χ4v) is 5.12. The van der Waals surface area contributed by atoms with Gasteiger partial charge in [-0.05, 0) is 42.3 Å². The Balaban J connectivity index is 1.92. The summed E-state index contributed by atoms with van der Waals surface area (Å²) in [5.74, 6) is -0.453. The highest BCUT2D eigenvalue weighted by molar-refractivity contribution is 7.89. The molecule has 9 heteroatoms. The molecule has 28 heavy (non-hydrogen) atoms. The van der Waals surface area contributed by atoms with E-state index < -0.39 is 15.9 Å². The van der Waals surface area contributed by atoms with Crippen molar-refractivity contribution in [2.24, 2.45) is 0 Å². The van der Waals surface area contributed by atoms with Crippen LogP contribution in [0.25, 0.3) is 0 Å². The Morgan fingerprint density at radius 1 is 1.14 bits per heavy atom. The molecule has 0 unspecified atom stereocenters. The lowest BCUT2D eigenvalue weighted by atomic mass is 10.1. The predicted molar refractivity (Wildman–Crippen MR) is 110 cm³/mol. The van der Waals surface area contributed by atoms with Crippen molar-refractivity contribution in [3.8, 4) is 0 Å². The number of carbonyl (C=O) groups is 1. The number of ether oxygens (including phenoxy) is 1. The van der Waals surface area contributed by atoms with Crippen LogP contribution < -0.4 is 5.32 Å². The van der Waals surface area contributed by atoms with E-state index in [1.807, 2.05) is 6.92 Å². The van der Waals surface area contributed by atoms with E-state index in [0.717, 1.165) is 0 Å². The number of hydrogen-bond acceptors (Lipinski definition) is 4. The highest BCUT2D eigenvalue weighted by Crippen LogP contribution is 2.27. The molecule has 0 aliphatic carbocycles. The molecule has 1 N–H and O–H groups in total. The van der Waals surface area contributed by atoms with E-state index in [0.29, 0.717) is 54.0 Å². The van der Waals surface area contributed by atoms with Gasteiger partial charge in [0, 0.05) is 23.7 Å². The van der Waals surface area contributed by atoms with E-state index in [4.69, 9.17) is 27.9 Å². The van der Waals surface area contributed by atoms with Crippen molar-refractivity contribution in [3.63, 3.8) is 0 Å². The Bertz CT molecular complexity index is 989. The van der Waals surface area contributed by atoms with Gasteiger partial charge in [0.05, 0.1) is 28.8 Å². The van der Waals surface area contributed by atoms with Gasteiger partial charge in [-0.15, -0.1) is 0 Å². The number of aryl methyl sites for hydroxylation is 1. The smallest absolute Gasteiger partial charge is 0.255 e. The first-order chi connectivity index (χ1) is 13.3. The number of anilines is 1. The van der Waals surface area contributed by atoms with Gasteiger partial charge in [0.1, 0.15) is 0 Å². The van der Waals surface area contributed by atoms with E-state index in [9.17, 15) is 13.2 Å². The van der Waals surface area contributed by atoms with Crippen LogP contribution in [0.3, 0.4) is 0 Å². The lowest BCUT2D eigenvalue weighted by Crippen LogP contribution is -2.41. The van der Waals surface area contributed by atoms with Crippen LogP contribution in [0.1, 0.15) is 22.8 Å². The molecule has 6 nitrogen and oxygen atoms in total. The van der Waals surface area contributed by atoms with Crippen LogP contribution in [0.4, 0.5) is 5.69 Å². The molecule has 0 bridgehead atoms. The Kier molecular flexibility index (Phi) is 6.62. The molecule has 0 saturated carbocycles. The number of rotatable bonds is 5. The SMILES string of the molecule is CCc1ccc(C(=O)Nc2ccc(Cl)cc2Cl)cc1S(=O)(=O)N1CCOCC1. The minimum absolute atomic E-state index is 0.145. The molecule has 0 atom stereocenters. The van der Waals surface area contributed by atoms with Crippen molar-refractivity contribution in [1.29, 1.82) is 0 Å². The third-order valence-corrected chi connectivity index (χ3v) is 7.01. The maximum atomic E-state index is 13.1. The van der Waals surface area contributed by atoms with Gasteiger partial charge < -0.3 is 10.1 Å². The summed E-state index contributed by atoms with van der Waals surface area (Å²) in [5, 5.41) is 3.44. The van der Waals surface area contributed by atoms with Crippen LogP contribution in [0.2, 0.25) is 10.0 Å². The topological polar surface area (TPSA) is 75.7 Å². The quantitative estimate of drug-likeness (QED) is 0.762. The highest BCUT2D eigenvalue weighted by atomic mass is 35.5. The van der Waals surface area contributed by atoms with Gasteiger partial charge in [0.15, 0.2) is 0 Å². The van der Waals surface area contributed by atoms with Crippen LogP contribution in [0, 0.1) is 0 Å². The lowest BCUT2D eigenvalue weighted by Gasteiger charge is -2.27. The summed E-state index contributed by atoms with van der Waals surface area (Å²) in [6, 6.07) is 9.42. The largest absolute Gasteiger partial charge is 0.379 e. The van der Waals surface area contributed by atoms with Crippen LogP contribution in [-0.4, -0.2) is 44.9 Å². The Labute approximate surface area is 174 Å². The molecule has 2 aromatic carbocycles. The second-order valence-corrected chi connectivity index (χ2v) is 9.02. The fourth-order valence-electron chi connectivity index (χ4n) is 2.94. The zero-order chi connectivity index (χ0) is 20.3. The van der Waals surface area contributed by atoms with Gasteiger partial charge in [-0.3, -0.25) is 4.79 Å². The average molecular weight is 443 g/mol. The number of benzene rings is 2. The first kappa shape index (κ1) is 21.1. The molecule has 0 aromatic heterocycles. The lowest BCUT2D eigenvalue weighted by molar-refractivity contribution is 0.0730. The molecule has 0 radical (unpaired) electrons. The molecular formula is C19H20Cl2N2O4S. The maximum absolute atomic E-state index is 13.1. The van der Waals surface area contributed by atoms with E-state index in [-0.39, 0.29) is 10.5 Å². The number of sulfonamides is 1. The minimum atomic E-state index is -3.72. The molecule has 1 aliphatic rings. The van der Waals surface area contributed by atoms with Crippen molar-refractivity contribution in [2.45, 2.75) is 18.2 Å². The number of amides is 1. The van der Waals surface area contributed by atoms with Crippen LogP contribution in [-0.2, 0) is 21.2 Å². The summed E-state index contributed by atoms with van der Waals surface area (Å²) in [6.07, 6.45) is 0.532. The Hall–Kier alpha value is -1.64. The van der Waals surface area contributed by atoms with Crippen molar-refractivity contribution in [1.82, 2.24) is 4.31 Å². The monoisotopic (exact) mass is 442 g/mol. The van der Waals surface area contributed by atoms with Crippen molar-refractivity contribution >= 4 is 44.8 Å². The van der Waals surface area contributed by atoms with Crippen LogP contribution in [0.5, 0.6) is 0 Å². The fraction of sp³-hybridized carbons (Fsp3) is 0.316. The number of carbonyl (C=O) groups excluding carboxylic acids is 1. The Morgan fingerprint density at radius 2 is 1.86 bits per heavy atom. The first-order valence-electron chi connectivity index (χ1n) is 8.80. The third-order valence-electron chi connectivity index (χ3n) is 4.48. The molecule has 3 rings (SSSR count). The van der Waals surface area contributed by atoms with Crippen molar-refractivity contribution in [3.05, 3.63) is 57.6 Å². The van der Waals surface area contributed by atoms with E-state index in [1.54, 1.807) is 24.3 Å². The normalized spacial score (nSPS) is 15.4. The van der Waals surface area contributed by atoms with E-state index >= 15 is 0 Å². The van der Waals surface area contributed by atoms with Gasteiger partial charge in [0.2, 0.25) is 10.0 Å². The number of nitrogens with zero attached hydrogens (tertiary/aromatic N) is 1. The number of nitrogens with one attached hydrogen (secondary N) is 1. The first-order valence-corrected chi connectivity index (χ1v) is 11.0. The molecule has 1 amide bonds. The van der Waals surface area contributed by atoms with Crippen molar-refractivity contribution in [2.75, 3.05) is 31.6 Å². The number of hydrogen-bond donors (Lipinski definition) is 1. The van der Waals surface area contributed by atoms with Crippen LogP contribution >= 0.6 is 23.2 Å². The second kappa shape index (κ2) is 8.80. The molecule has 0 spiro atoms. The summed E-state index contributed by atoms with van der Waals surface area (Å²) in [7, 11) is -3.72. The van der Waals surface area contributed by atoms with E-state index in [2.05, 4.69) is 5.32 Å². The summed E-state index contributed by atoms with van der Waals surface area (Å²) in [5.41, 5.74) is 1.29. The second-order valence-electron chi connectivity index (χ2n) is 6.27. The third kappa shape index (κ3) is 4.50. The van der Waals surface area contributed by atoms with Gasteiger partial charge in [0.25, 0.3) is 5.91 Å².